The highest BCUT2D eigenvalue weighted by Crippen LogP contribution is 2.30. The van der Waals surface area contributed by atoms with Gasteiger partial charge in [-0.2, -0.15) is 0 Å². The van der Waals surface area contributed by atoms with E-state index in [4.69, 9.17) is 0 Å². The standard InChI is InChI=1S/C16H28FNO3S/c1-16(2)8-9-18(10-11-22(16,20)21)15(19)14(17)12-13-6-4-3-5-7-13/h13-14H,3-12H2,1-2H3/t14-/m0/s1. The number of sulfone groups is 1. The average molecular weight is 333 g/mol. The topological polar surface area (TPSA) is 54.5 Å². The Labute approximate surface area is 133 Å². The number of carbonyl (C=O) groups excluding carboxylic acids is 1. The Morgan fingerprint density at radius 1 is 1.23 bits per heavy atom. The summed E-state index contributed by atoms with van der Waals surface area (Å²) in [5.74, 6) is -0.277. The highest BCUT2D eigenvalue weighted by molar-refractivity contribution is 7.92. The van der Waals surface area contributed by atoms with Gasteiger partial charge in [-0.05, 0) is 32.6 Å². The quantitative estimate of drug-likeness (QED) is 0.798. The minimum Gasteiger partial charge on any atom is -0.339 e. The first-order valence-electron chi connectivity index (χ1n) is 8.38. The van der Waals surface area contributed by atoms with Crippen molar-refractivity contribution in [2.45, 2.75) is 69.7 Å². The summed E-state index contributed by atoms with van der Waals surface area (Å²) in [5, 5.41) is 0. The van der Waals surface area contributed by atoms with Crippen molar-refractivity contribution in [3.63, 3.8) is 0 Å². The van der Waals surface area contributed by atoms with Gasteiger partial charge in [-0.25, -0.2) is 12.8 Å². The van der Waals surface area contributed by atoms with E-state index in [-0.39, 0.29) is 12.3 Å². The van der Waals surface area contributed by atoms with Gasteiger partial charge in [0.15, 0.2) is 16.0 Å². The Hall–Kier alpha value is -0.650. The fraction of sp³-hybridized carbons (Fsp3) is 0.938. The molecule has 2 aliphatic rings. The van der Waals surface area contributed by atoms with Crippen molar-refractivity contribution in [3.05, 3.63) is 0 Å². The third-order valence-electron chi connectivity index (χ3n) is 5.30. The number of halogens is 1. The van der Waals surface area contributed by atoms with E-state index in [0.717, 1.165) is 25.7 Å². The summed E-state index contributed by atoms with van der Waals surface area (Å²) in [4.78, 5) is 13.7. The van der Waals surface area contributed by atoms with Gasteiger partial charge in [0.25, 0.3) is 5.91 Å². The zero-order chi connectivity index (χ0) is 16.4. The molecular formula is C16H28FNO3S. The first-order chi connectivity index (χ1) is 10.2. The Morgan fingerprint density at radius 3 is 2.50 bits per heavy atom. The molecule has 1 amide bonds. The van der Waals surface area contributed by atoms with Crippen molar-refractivity contribution in [2.75, 3.05) is 18.8 Å². The van der Waals surface area contributed by atoms with Crippen LogP contribution in [0.15, 0.2) is 0 Å². The van der Waals surface area contributed by atoms with Crippen LogP contribution in [-0.2, 0) is 14.6 Å². The van der Waals surface area contributed by atoms with Crippen LogP contribution in [0.5, 0.6) is 0 Å². The van der Waals surface area contributed by atoms with Crippen LogP contribution in [0, 0.1) is 5.92 Å². The van der Waals surface area contributed by atoms with Gasteiger partial charge in [-0.1, -0.05) is 32.1 Å². The first kappa shape index (κ1) is 17.7. The Bertz CT molecular complexity index is 498. The lowest BCUT2D eigenvalue weighted by molar-refractivity contribution is -0.137. The molecule has 0 radical (unpaired) electrons. The Balaban J connectivity index is 1.94. The summed E-state index contributed by atoms with van der Waals surface area (Å²) in [6.45, 7) is 3.82. The van der Waals surface area contributed by atoms with Crippen LogP contribution in [0.3, 0.4) is 0 Å². The maximum absolute atomic E-state index is 14.3. The molecule has 0 unspecified atom stereocenters. The van der Waals surface area contributed by atoms with E-state index in [1.165, 1.54) is 11.3 Å². The van der Waals surface area contributed by atoms with Gasteiger partial charge < -0.3 is 4.90 Å². The number of carbonyl (C=O) groups is 1. The van der Waals surface area contributed by atoms with Crippen LogP contribution in [-0.4, -0.2) is 49.0 Å². The zero-order valence-corrected chi connectivity index (χ0v) is 14.5. The van der Waals surface area contributed by atoms with Crippen LogP contribution in [0.25, 0.3) is 0 Å². The molecule has 22 heavy (non-hydrogen) atoms. The van der Waals surface area contributed by atoms with Crippen molar-refractivity contribution in [1.82, 2.24) is 4.90 Å². The fourth-order valence-corrected chi connectivity index (χ4v) is 4.83. The number of hydrogen-bond acceptors (Lipinski definition) is 3. The molecule has 4 nitrogen and oxygen atoms in total. The minimum absolute atomic E-state index is 0.0676. The molecule has 0 aromatic heterocycles. The van der Waals surface area contributed by atoms with E-state index >= 15 is 0 Å². The monoisotopic (exact) mass is 333 g/mol. The van der Waals surface area contributed by atoms with E-state index in [9.17, 15) is 17.6 Å². The second-order valence-electron chi connectivity index (χ2n) is 7.36. The molecule has 1 heterocycles. The number of amides is 1. The summed E-state index contributed by atoms with van der Waals surface area (Å²) < 4.78 is 37.8. The van der Waals surface area contributed by atoms with Gasteiger partial charge >= 0.3 is 0 Å². The summed E-state index contributed by atoms with van der Waals surface area (Å²) in [5.41, 5.74) is 0. The molecule has 1 aliphatic carbocycles. The van der Waals surface area contributed by atoms with Crippen molar-refractivity contribution in [1.29, 1.82) is 0 Å². The molecule has 1 atom stereocenters. The maximum Gasteiger partial charge on any atom is 0.257 e. The van der Waals surface area contributed by atoms with E-state index in [0.29, 0.717) is 25.3 Å². The summed E-state index contributed by atoms with van der Waals surface area (Å²) in [7, 11) is -3.23. The number of rotatable bonds is 3. The highest BCUT2D eigenvalue weighted by Gasteiger charge is 2.39. The molecule has 0 spiro atoms. The fourth-order valence-electron chi connectivity index (χ4n) is 3.41. The molecule has 1 saturated carbocycles. The summed E-state index contributed by atoms with van der Waals surface area (Å²) in [6, 6.07) is 0. The van der Waals surface area contributed by atoms with Gasteiger partial charge in [-0.3, -0.25) is 4.79 Å². The first-order valence-corrected chi connectivity index (χ1v) is 10.0. The predicted octanol–water partition coefficient (Wildman–Crippen LogP) is 2.72. The van der Waals surface area contributed by atoms with E-state index in [1.54, 1.807) is 13.8 Å². The van der Waals surface area contributed by atoms with Gasteiger partial charge in [0.2, 0.25) is 0 Å². The van der Waals surface area contributed by atoms with E-state index < -0.39 is 26.7 Å². The minimum atomic E-state index is -3.23. The molecule has 2 rings (SSSR count). The molecule has 2 fully saturated rings. The van der Waals surface area contributed by atoms with E-state index in [2.05, 4.69) is 0 Å². The van der Waals surface area contributed by atoms with Crippen molar-refractivity contribution >= 4 is 15.7 Å². The predicted molar refractivity (Wildman–Crippen MR) is 85.2 cm³/mol. The lowest BCUT2D eigenvalue weighted by Crippen LogP contribution is -2.40. The maximum atomic E-state index is 14.3. The third kappa shape index (κ3) is 4.00. The molecule has 0 aromatic rings. The van der Waals surface area contributed by atoms with E-state index in [1.807, 2.05) is 0 Å². The van der Waals surface area contributed by atoms with Crippen LogP contribution in [0.1, 0.15) is 58.8 Å². The van der Waals surface area contributed by atoms with Crippen LogP contribution in [0.2, 0.25) is 0 Å². The molecule has 0 aromatic carbocycles. The molecule has 6 heteroatoms. The Morgan fingerprint density at radius 2 is 1.86 bits per heavy atom. The van der Waals surface area contributed by atoms with Crippen molar-refractivity contribution in [3.8, 4) is 0 Å². The SMILES string of the molecule is CC1(C)CCN(C(=O)[C@@H](F)CC2CCCCC2)CCS1(=O)=O. The third-order valence-corrected chi connectivity index (χ3v) is 7.91. The number of alkyl halides is 1. The largest absolute Gasteiger partial charge is 0.339 e. The van der Waals surface area contributed by atoms with Crippen LogP contribution in [0.4, 0.5) is 4.39 Å². The smallest absolute Gasteiger partial charge is 0.257 e. The molecule has 128 valence electrons. The number of hydrogen-bond donors (Lipinski definition) is 0. The molecule has 0 N–H and O–H groups in total. The van der Waals surface area contributed by atoms with Gasteiger partial charge in [-0.15, -0.1) is 0 Å². The number of nitrogens with zero attached hydrogens (tertiary/aromatic N) is 1. The lowest BCUT2D eigenvalue weighted by Gasteiger charge is -2.26. The average Bonchev–Trinajstić information content (AvgIpc) is 2.57. The molecule has 0 bridgehead atoms. The second-order valence-corrected chi connectivity index (χ2v) is 10.1. The second kappa shape index (κ2) is 6.85. The molecular weight excluding hydrogens is 305 g/mol. The van der Waals surface area contributed by atoms with Crippen LogP contribution >= 0.6 is 0 Å². The highest BCUT2D eigenvalue weighted by atomic mass is 32.2. The van der Waals surface area contributed by atoms with Crippen LogP contribution < -0.4 is 0 Å². The van der Waals surface area contributed by atoms with Gasteiger partial charge in [0.05, 0.1) is 10.5 Å². The summed E-state index contributed by atoms with van der Waals surface area (Å²) >= 11 is 0. The zero-order valence-electron chi connectivity index (χ0n) is 13.7. The van der Waals surface area contributed by atoms with Gasteiger partial charge in [0.1, 0.15) is 0 Å². The summed E-state index contributed by atoms with van der Waals surface area (Å²) in [6.07, 6.45) is 4.67. The molecule has 1 aliphatic heterocycles. The molecule has 1 saturated heterocycles. The normalized spacial score (nSPS) is 27.1. The van der Waals surface area contributed by atoms with Gasteiger partial charge in [0, 0.05) is 13.1 Å². The lowest BCUT2D eigenvalue weighted by atomic mass is 9.85. The van der Waals surface area contributed by atoms with Crippen molar-refractivity contribution < 1.29 is 17.6 Å². The van der Waals surface area contributed by atoms with Crippen molar-refractivity contribution in [2.24, 2.45) is 5.92 Å². The Kier molecular flexibility index (Phi) is 5.51.